The molecule has 2 N–H and O–H groups in total. The predicted molar refractivity (Wildman–Crippen MR) is 137 cm³/mol. The highest BCUT2D eigenvalue weighted by atomic mass is 15.3. The molecular formula is C27H24BN5. The number of benzene rings is 3. The number of aryl methyl sites for hydroxylation is 2. The lowest BCUT2D eigenvalue weighted by Gasteiger charge is -2.42. The standard InChI is InChI=1S/C27H24BN5/c1-19-11-15-21(16-12-19)26-29-24-9-6-10-25-30-27(22-17-13-20(2)14-18-22)32-28(31-26,33(24)25)23-7-4-3-5-8-23/h3-18H,1-2H3,(H,29,31)(H,30,32). The Labute approximate surface area is 193 Å². The first-order valence-electron chi connectivity index (χ1n) is 11.3. The van der Waals surface area contributed by atoms with Crippen LogP contribution in [-0.4, -0.2) is 18.2 Å². The van der Waals surface area contributed by atoms with E-state index < -0.39 is 6.55 Å². The molecule has 0 fully saturated rings. The van der Waals surface area contributed by atoms with Gasteiger partial charge in [-0.25, -0.2) is 0 Å². The summed E-state index contributed by atoms with van der Waals surface area (Å²) >= 11 is 0. The van der Waals surface area contributed by atoms with E-state index in [1.807, 2.05) is 6.07 Å². The Kier molecular flexibility index (Phi) is 4.40. The van der Waals surface area contributed by atoms with Crippen molar-refractivity contribution in [3.8, 4) is 0 Å². The maximum absolute atomic E-state index is 5.35. The van der Waals surface area contributed by atoms with Crippen LogP contribution >= 0.6 is 0 Å². The first-order chi connectivity index (χ1) is 16.1. The van der Waals surface area contributed by atoms with E-state index in [0.717, 1.165) is 39.9 Å². The van der Waals surface area contributed by atoms with Crippen molar-refractivity contribution in [3.05, 3.63) is 119 Å². The topological polar surface area (TPSA) is 52.7 Å². The molecule has 2 aliphatic heterocycles. The van der Waals surface area contributed by atoms with Gasteiger partial charge in [0.2, 0.25) is 0 Å². The summed E-state index contributed by atoms with van der Waals surface area (Å²) in [5.41, 5.74) is 5.59. The highest BCUT2D eigenvalue weighted by molar-refractivity contribution is 6.85. The van der Waals surface area contributed by atoms with Gasteiger partial charge in [-0.15, -0.1) is 5.46 Å². The van der Waals surface area contributed by atoms with Crippen molar-refractivity contribution in [2.45, 2.75) is 13.8 Å². The van der Waals surface area contributed by atoms with E-state index in [9.17, 15) is 0 Å². The molecule has 0 saturated heterocycles. The number of aromatic nitrogens is 1. The van der Waals surface area contributed by atoms with Crippen molar-refractivity contribution in [2.24, 2.45) is 9.81 Å². The van der Waals surface area contributed by atoms with Crippen LogP contribution in [0.4, 0.5) is 11.6 Å². The summed E-state index contributed by atoms with van der Waals surface area (Å²) in [5, 5.41) is 7.10. The van der Waals surface area contributed by atoms with Gasteiger partial charge in [-0.3, -0.25) is 10.6 Å². The molecule has 0 bridgehead atoms. The van der Waals surface area contributed by atoms with Crippen LogP contribution in [0.5, 0.6) is 0 Å². The largest absolute Gasteiger partial charge is 0.419 e. The third-order valence-electron chi connectivity index (χ3n) is 6.40. The number of rotatable bonds is 3. The number of amidine groups is 2. The van der Waals surface area contributed by atoms with Gasteiger partial charge >= 0.3 is 6.55 Å². The second kappa shape index (κ2) is 7.45. The molecule has 0 unspecified atom stereocenters. The van der Waals surface area contributed by atoms with Gasteiger partial charge in [0, 0.05) is 23.3 Å². The molecule has 2 aliphatic rings. The molecule has 3 aromatic carbocycles. The van der Waals surface area contributed by atoms with Crippen molar-refractivity contribution in [1.29, 1.82) is 0 Å². The van der Waals surface area contributed by atoms with Crippen molar-refractivity contribution in [2.75, 3.05) is 10.6 Å². The maximum Gasteiger partial charge on any atom is 0.419 e. The van der Waals surface area contributed by atoms with Gasteiger partial charge in [0.1, 0.15) is 0 Å². The second-order valence-corrected chi connectivity index (χ2v) is 8.75. The number of hydrogen-bond acceptors (Lipinski definition) is 4. The molecule has 160 valence electrons. The minimum Gasteiger partial charge on any atom is -0.404 e. The highest BCUT2D eigenvalue weighted by Crippen LogP contribution is 2.25. The van der Waals surface area contributed by atoms with Gasteiger partial charge in [0.25, 0.3) is 0 Å². The maximum atomic E-state index is 5.35. The van der Waals surface area contributed by atoms with Crippen molar-refractivity contribution in [1.82, 2.24) is 0 Å². The van der Waals surface area contributed by atoms with E-state index >= 15 is 0 Å². The Bertz CT molecular complexity index is 1320. The van der Waals surface area contributed by atoms with Crippen LogP contribution in [0.1, 0.15) is 22.3 Å². The van der Waals surface area contributed by atoms with E-state index in [1.165, 1.54) is 11.1 Å². The summed E-state index contributed by atoms with van der Waals surface area (Å²) in [6.07, 6.45) is 0. The summed E-state index contributed by atoms with van der Waals surface area (Å²) in [7, 11) is 0. The number of pyridine rings is 1. The summed E-state index contributed by atoms with van der Waals surface area (Å²) in [6.45, 7) is 2.32. The Morgan fingerprint density at radius 2 is 1.06 bits per heavy atom. The van der Waals surface area contributed by atoms with E-state index in [1.54, 1.807) is 0 Å². The van der Waals surface area contributed by atoms with Crippen molar-refractivity contribution in [3.63, 3.8) is 0 Å². The van der Waals surface area contributed by atoms with E-state index in [-0.39, 0.29) is 0 Å². The molecule has 1 aromatic heterocycles. The monoisotopic (exact) mass is 429 g/mol. The molecule has 0 saturated carbocycles. The van der Waals surface area contributed by atoms with Crippen LogP contribution in [0.2, 0.25) is 0 Å². The minimum atomic E-state index is -1.87. The van der Waals surface area contributed by atoms with Crippen molar-refractivity contribution < 1.29 is 4.48 Å². The summed E-state index contributed by atoms with van der Waals surface area (Å²) in [5.74, 6) is 3.57. The SMILES string of the molecule is Cc1ccc(C2=N[B-]3(c4ccccc4)N=C(c4ccc(C)cc4)Nc4cccc([n+]43)N2)cc1. The summed E-state index contributed by atoms with van der Waals surface area (Å²) < 4.78 is 2.20. The third kappa shape index (κ3) is 3.22. The summed E-state index contributed by atoms with van der Waals surface area (Å²) in [6, 6.07) is 33.5. The first kappa shape index (κ1) is 19.5. The van der Waals surface area contributed by atoms with Gasteiger partial charge in [0.05, 0.1) is 0 Å². The molecule has 3 heterocycles. The fourth-order valence-corrected chi connectivity index (χ4v) is 4.65. The van der Waals surface area contributed by atoms with Crippen LogP contribution in [0, 0.1) is 13.8 Å². The second-order valence-electron chi connectivity index (χ2n) is 8.75. The number of nitrogens with zero attached hydrogens (tertiary/aromatic N) is 3. The fourth-order valence-electron chi connectivity index (χ4n) is 4.65. The van der Waals surface area contributed by atoms with Gasteiger partial charge in [-0.1, -0.05) is 65.7 Å². The molecule has 0 spiro atoms. The molecular weight excluding hydrogens is 405 g/mol. The zero-order valence-electron chi connectivity index (χ0n) is 18.7. The lowest BCUT2D eigenvalue weighted by Crippen LogP contribution is -2.76. The van der Waals surface area contributed by atoms with Crippen LogP contribution in [0.25, 0.3) is 0 Å². The van der Waals surface area contributed by atoms with Crippen molar-refractivity contribution >= 4 is 35.3 Å². The average Bonchev–Trinajstić information content (AvgIpc) is 2.85. The molecule has 0 radical (unpaired) electrons. The Morgan fingerprint density at radius 1 is 0.576 bits per heavy atom. The molecule has 33 heavy (non-hydrogen) atoms. The van der Waals surface area contributed by atoms with Gasteiger partial charge in [-0.2, -0.15) is 0 Å². The number of hydrogen-bond donors (Lipinski definition) is 2. The zero-order chi connectivity index (χ0) is 22.4. The normalized spacial score (nSPS) is 15.5. The smallest absolute Gasteiger partial charge is 0.404 e. The average molecular weight is 429 g/mol. The predicted octanol–water partition coefficient (Wildman–Crippen LogP) is 4.03. The van der Waals surface area contributed by atoms with Gasteiger partial charge in [0.15, 0.2) is 23.3 Å². The Morgan fingerprint density at radius 3 is 1.55 bits per heavy atom. The van der Waals surface area contributed by atoms with Crippen LogP contribution in [-0.2, 0) is 0 Å². The molecule has 0 atom stereocenters. The summed E-state index contributed by atoms with van der Waals surface area (Å²) in [4.78, 5) is 10.7. The van der Waals surface area contributed by atoms with Crippen LogP contribution in [0.15, 0.2) is 107 Å². The number of nitrogens with one attached hydrogen (secondary N) is 2. The fraction of sp³-hybridized carbons (Fsp3) is 0.0741. The first-order valence-corrected chi connectivity index (χ1v) is 11.3. The Balaban J connectivity index is 1.64. The lowest BCUT2D eigenvalue weighted by molar-refractivity contribution is -0.515. The number of anilines is 2. The molecule has 6 rings (SSSR count). The van der Waals surface area contributed by atoms with Crippen LogP contribution in [0.3, 0.4) is 0 Å². The molecule has 5 nitrogen and oxygen atoms in total. The quantitative estimate of drug-likeness (QED) is 0.484. The molecule has 0 amide bonds. The van der Waals surface area contributed by atoms with Crippen LogP contribution < -0.4 is 20.6 Å². The molecule has 6 heteroatoms. The minimum absolute atomic E-state index is 0.824. The molecule has 4 aromatic rings. The molecule has 0 aliphatic carbocycles. The van der Waals surface area contributed by atoms with E-state index in [2.05, 4.69) is 120 Å². The van der Waals surface area contributed by atoms with E-state index in [0.29, 0.717) is 0 Å². The van der Waals surface area contributed by atoms with Gasteiger partial charge in [-0.05, 0) is 44.2 Å². The highest BCUT2D eigenvalue weighted by Gasteiger charge is 2.43. The lowest BCUT2D eigenvalue weighted by atomic mass is 9.52. The third-order valence-corrected chi connectivity index (χ3v) is 6.40. The van der Waals surface area contributed by atoms with E-state index in [4.69, 9.17) is 9.81 Å². The van der Waals surface area contributed by atoms with Gasteiger partial charge < -0.3 is 14.3 Å². The zero-order valence-corrected chi connectivity index (χ0v) is 18.7. The Hall–Kier alpha value is -4.19.